The molecule has 1 aromatic carbocycles. The second-order valence-corrected chi connectivity index (χ2v) is 5.56. The summed E-state index contributed by atoms with van der Waals surface area (Å²) in [4.78, 5) is 8.09. The first kappa shape index (κ1) is 15.5. The molecule has 6 nitrogen and oxygen atoms in total. The Morgan fingerprint density at radius 1 is 1.29 bits per heavy atom. The van der Waals surface area contributed by atoms with Gasteiger partial charge < -0.3 is 14.9 Å². The van der Waals surface area contributed by atoms with Gasteiger partial charge in [0.05, 0.1) is 7.11 Å². The van der Waals surface area contributed by atoms with E-state index >= 15 is 0 Å². The van der Waals surface area contributed by atoms with Crippen LogP contribution in [0.2, 0.25) is 0 Å². The molecule has 0 amide bonds. The minimum Gasteiger partial charge on any atom is -0.489 e. The third kappa shape index (κ3) is 3.43. The van der Waals surface area contributed by atoms with Crippen molar-refractivity contribution in [3.05, 3.63) is 34.6 Å². The highest BCUT2D eigenvalue weighted by Gasteiger charge is 2.16. The summed E-state index contributed by atoms with van der Waals surface area (Å²) in [5.74, 6) is 7.46. The van der Waals surface area contributed by atoms with Crippen molar-refractivity contribution < 1.29 is 9.47 Å². The van der Waals surface area contributed by atoms with Crippen LogP contribution in [0, 0.1) is 0 Å². The van der Waals surface area contributed by atoms with Crippen LogP contribution in [0.25, 0.3) is 0 Å². The molecule has 0 saturated carbocycles. The minimum atomic E-state index is 0.303. The number of aromatic nitrogens is 2. The predicted octanol–water partition coefficient (Wildman–Crippen LogP) is 3.45. The number of hydrogen-bond acceptors (Lipinski definition) is 6. The van der Waals surface area contributed by atoms with Crippen molar-refractivity contribution >= 4 is 21.7 Å². The zero-order valence-corrected chi connectivity index (χ0v) is 13.6. The molecule has 0 fully saturated rings. The molecule has 1 aromatic heterocycles. The van der Waals surface area contributed by atoms with Crippen molar-refractivity contribution in [1.82, 2.24) is 9.97 Å². The van der Waals surface area contributed by atoms with Gasteiger partial charge in [0, 0.05) is 4.47 Å². The van der Waals surface area contributed by atoms with Gasteiger partial charge in [-0.15, -0.1) is 0 Å². The molecule has 2 rings (SSSR count). The van der Waals surface area contributed by atoms with Crippen LogP contribution >= 0.6 is 15.9 Å². The summed E-state index contributed by atoms with van der Waals surface area (Å²) in [6.45, 7) is 4.19. The van der Waals surface area contributed by atoms with Crippen LogP contribution in [0.4, 0.5) is 5.82 Å². The number of nitrogens with zero attached hydrogens (tertiary/aromatic N) is 2. The van der Waals surface area contributed by atoms with E-state index < -0.39 is 0 Å². The molecule has 0 spiro atoms. The third-order valence-electron chi connectivity index (χ3n) is 2.91. The Hall–Kier alpha value is -1.86. The highest BCUT2D eigenvalue weighted by molar-refractivity contribution is 9.10. The fourth-order valence-electron chi connectivity index (χ4n) is 1.88. The van der Waals surface area contributed by atoms with Crippen LogP contribution in [0.3, 0.4) is 0 Å². The second kappa shape index (κ2) is 6.73. The first-order valence-corrected chi connectivity index (χ1v) is 7.19. The van der Waals surface area contributed by atoms with E-state index in [4.69, 9.17) is 15.3 Å². The van der Waals surface area contributed by atoms with Gasteiger partial charge in [-0.2, -0.15) is 4.98 Å². The molecule has 112 valence electrons. The van der Waals surface area contributed by atoms with Gasteiger partial charge in [-0.3, -0.25) is 0 Å². The molecule has 0 aliphatic heterocycles. The number of rotatable bonds is 5. The maximum atomic E-state index is 5.90. The Morgan fingerprint density at radius 3 is 2.67 bits per heavy atom. The lowest BCUT2D eigenvalue weighted by Gasteiger charge is -2.16. The number of halogens is 1. The van der Waals surface area contributed by atoms with Gasteiger partial charge in [-0.1, -0.05) is 29.8 Å². The molecule has 0 unspecified atom stereocenters. The molecular weight excluding hydrogens is 336 g/mol. The van der Waals surface area contributed by atoms with E-state index in [0.717, 1.165) is 10.0 Å². The molecule has 0 aliphatic carbocycles. The molecule has 3 N–H and O–H groups in total. The van der Waals surface area contributed by atoms with Crippen molar-refractivity contribution in [3.63, 3.8) is 0 Å². The van der Waals surface area contributed by atoms with Crippen molar-refractivity contribution in [2.45, 2.75) is 19.8 Å². The lowest BCUT2D eigenvalue weighted by molar-refractivity contribution is 0.367. The number of anilines is 1. The fourth-order valence-corrected chi connectivity index (χ4v) is 2.26. The van der Waals surface area contributed by atoms with Crippen LogP contribution in [0.5, 0.6) is 17.4 Å². The van der Waals surface area contributed by atoms with Gasteiger partial charge in [0.25, 0.3) is 5.88 Å². The van der Waals surface area contributed by atoms with Crippen LogP contribution in [-0.2, 0) is 0 Å². The average Bonchev–Trinajstić information content (AvgIpc) is 2.48. The fraction of sp³-hybridized carbons (Fsp3) is 0.286. The summed E-state index contributed by atoms with van der Waals surface area (Å²) in [5.41, 5.74) is 3.52. The maximum Gasteiger partial charge on any atom is 0.268 e. The van der Waals surface area contributed by atoms with Gasteiger partial charge in [-0.05, 0) is 29.7 Å². The molecule has 2 aromatic rings. The molecule has 21 heavy (non-hydrogen) atoms. The Balaban J connectivity index is 2.43. The zero-order chi connectivity index (χ0) is 15.4. The van der Waals surface area contributed by atoms with Crippen LogP contribution in [-0.4, -0.2) is 17.1 Å². The molecule has 0 saturated heterocycles. The Bertz CT molecular complexity index is 634. The first-order chi connectivity index (χ1) is 10.1. The number of methoxy groups -OCH3 is 1. The lowest BCUT2D eigenvalue weighted by Crippen LogP contribution is -2.11. The number of ether oxygens (including phenoxy) is 2. The summed E-state index contributed by atoms with van der Waals surface area (Å²) >= 11 is 3.47. The smallest absolute Gasteiger partial charge is 0.268 e. The van der Waals surface area contributed by atoms with E-state index in [9.17, 15) is 0 Å². The van der Waals surface area contributed by atoms with Gasteiger partial charge in [0.15, 0.2) is 5.82 Å². The van der Waals surface area contributed by atoms with Crippen molar-refractivity contribution in [1.29, 1.82) is 0 Å². The van der Waals surface area contributed by atoms with Crippen molar-refractivity contribution in [2.75, 3.05) is 12.5 Å². The molecule has 7 heteroatoms. The first-order valence-electron chi connectivity index (χ1n) is 6.39. The van der Waals surface area contributed by atoms with Gasteiger partial charge >= 0.3 is 0 Å². The predicted molar refractivity (Wildman–Crippen MR) is 84.7 cm³/mol. The van der Waals surface area contributed by atoms with Crippen LogP contribution in [0.1, 0.15) is 25.3 Å². The van der Waals surface area contributed by atoms with Crippen molar-refractivity contribution in [3.8, 4) is 17.4 Å². The van der Waals surface area contributed by atoms with E-state index in [1.54, 1.807) is 0 Å². The summed E-state index contributed by atoms with van der Waals surface area (Å²) < 4.78 is 12.2. The molecule has 0 atom stereocenters. The van der Waals surface area contributed by atoms with Gasteiger partial charge in [0.2, 0.25) is 5.75 Å². The summed E-state index contributed by atoms with van der Waals surface area (Å²) in [6.07, 6.45) is 1.36. The summed E-state index contributed by atoms with van der Waals surface area (Å²) in [6, 6.07) is 5.82. The van der Waals surface area contributed by atoms with E-state index in [2.05, 4.69) is 45.2 Å². The maximum absolute atomic E-state index is 5.90. The second-order valence-electron chi connectivity index (χ2n) is 4.64. The minimum absolute atomic E-state index is 0.303. The highest BCUT2D eigenvalue weighted by Crippen LogP contribution is 2.37. The van der Waals surface area contributed by atoms with Gasteiger partial charge in [-0.25, -0.2) is 10.8 Å². The van der Waals surface area contributed by atoms with Gasteiger partial charge in [0.1, 0.15) is 12.1 Å². The monoisotopic (exact) mass is 352 g/mol. The van der Waals surface area contributed by atoms with E-state index in [1.807, 2.05) is 18.2 Å². The summed E-state index contributed by atoms with van der Waals surface area (Å²) in [5, 5.41) is 0. The number of hydrogen-bond donors (Lipinski definition) is 2. The average molecular weight is 353 g/mol. The molecule has 0 aliphatic rings. The summed E-state index contributed by atoms with van der Waals surface area (Å²) in [7, 11) is 1.51. The number of hydrazine groups is 1. The van der Waals surface area contributed by atoms with E-state index in [0.29, 0.717) is 29.1 Å². The standard InChI is InChI=1S/C14H17BrN4O2/c1-8(2)10-6-9(15)4-5-11(10)21-14-12(20-3)13(19-16)17-7-18-14/h4-8H,16H2,1-3H3,(H,17,18,19). The molecule has 0 bridgehead atoms. The SMILES string of the molecule is COc1c(NN)ncnc1Oc1ccc(Br)cc1C(C)C. The third-order valence-corrected chi connectivity index (χ3v) is 3.41. The Kier molecular flexibility index (Phi) is 4.98. The number of nitrogen functional groups attached to an aromatic ring is 1. The van der Waals surface area contributed by atoms with Crippen molar-refractivity contribution in [2.24, 2.45) is 5.84 Å². The Morgan fingerprint density at radius 2 is 2.05 bits per heavy atom. The Labute approximate surface area is 131 Å². The van der Waals surface area contributed by atoms with Crippen LogP contribution < -0.4 is 20.7 Å². The number of benzene rings is 1. The lowest BCUT2D eigenvalue weighted by atomic mass is 10.0. The highest BCUT2D eigenvalue weighted by atomic mass is 79.9. The molecule has 1 heterocycles. The van der Waals surface area contributed by atoms with E-state index in [1.165, 1.54) is 13.4 Å². The zero-order valence-electron chi connectivity index (χ0n) is 12.1. The number of nitrogens with two attached hydrogens (primary N) is 1. The van der Waals surface area contributed by atoms with E-state index in [-0.39, 0.29) is 0 Å². The quantitative estimate of drug-likeness (QED) is 0.633. The molecule has 0 radical (unpaired) electrons. The van der Waals surface area contributed by atoms with Crippen LogP contribution in [0.15, 0.2) is 29.0 Å². The largest absolute Gasteiger partial charge is 0.489 e. The molecular formula is C14H17BrN4O2. The normalized spacial score (nSPS) is 10.6. The topological polar surface area (TPSA) is 82.3 Å². The number of nitrogens with one attached hydrogen (secondary N) is 1.